The number of carbonyl (C=O) groups is 3. The summed E-state index contributed by atoms with van der Waals surface area (Å²) in [6.07, 6.45) is 0. The number of nitrogens with one attached hydrogen (secondary N) is 1. The molecule has 0 bridgehead atoms. The van der Waals surface area contributed by atoms with E-state index in [4.69, 9.17) is 0 Å². The fraction of sp³-hybridized carbons (Fsp3) is 0.182. The molecule has 1 heterocycles. The summed E-state index contributed by atoms with van der Waals surface area (Å²) in [4.78, 5) is 35.1. The van der Waals surface area contributed by atoms with E-state index in [2.05, 4.69) is 15.9 Å². The SMILES string of the molecule is Cc1cc(Br)cc(C)c1N1C(=O)NC(=O)C1=O. The standard InChI is InChI=1S/C11H9BrN2O3/c1-5-3-7(12)4-6(2)8(5)14-10(16)9(15)13-11(14)17/h3-4H,1-2H3,(H,13,15,17). The molecule has 0 unspecified atom stereocenters. The number of carbonyl (C=O) groups excluding carboxylic acids is 3. The van der Waals surface area contributed by atoms with Gasteiger partial charge in [0, 0.05) is 4.47 Å². The highest BCUT2D eigenvalue weighted by Crippen LogP contribution is 2.29. The van der Waals surface area contributed by atoms with Gasteiger partial charge in [0.25, 0.3) is 0 Å². The molecule has 6 heteroatoms. The molecule has 1 saturated heterocycles. The van der Waals surface area contributed by atoms with Crippen LogP contribution in [0.4, 0.5) is 10.5 Å². The van der Waals surface area contributed by atoms with Gasteiger partial charge in [0.2, 0.25) is 0 Å². The summed E-state index contributed by atoms with van der Waals surface area (Å²) >= 11 is 3.33. The third-order valence-corrected chi connectivity index (χ3v) is 2.96. The van der Waals surface area contributed by atoms with Crippen LogP contribution >= 0.6 is 15.9 Å². The molecular weight excluding hydrogens is 288 g/mol. The van der Waals surface area contributed by atoms with Crippen molar-refractivity contribution in [2.24, 2.45) is 0 Å². The summed E-state index contributed by atoms with van der Waals surface area (Å²) in [5.41, 5.74) is 1.95. The molecule has 0 spiro atoms. The fourth-order valence-electron chi connectivity index (χ4n) is 1.86. The van der Waals surface area contributed by atoms with Crippen LogP contribution in [-0.2, 0) is 9.59 Å². The van der Waals surface area contributed by atoms with Gasteiger partial charge in [0.1, 0.15) is 0 Å². The Balaban J connectivity index is 2.59. The smallest absolute Gasteiger partial charge is 0.269 e. The number of benzene rings is 1. The van der Waals surface area contributed by atoms with Gasteiger partial charge in [0.05, 0.1) is 5.69 Å². The zero-order valence-electron chi connectivity index (χ0n) is 9.20. The number of rotatable bonds is 1. The average Bonchev–Trinajstić information content (AvgIpc) is 2.43. The fourth-order valence-corrected chi connectivity index (χ4v) is 2.55. The lowest BCUT2D eigenvalue weighted by atomic mass is 10.1. The molecule has 0 saturated carbocycles. The van der Waals surface area contributed by atoms with E-state index in [1.54, 1.807) is 26.0 Å². The maximum atomic E-state index is 11.6. The summed E-state index contributed by atoms with van der Waals surface area (Å²) in [5.74, 6) is -1.74. The quantitative estimate of drug-likeness (QED) is 0.633. The minimum absolute atomic E-state index is 0.460. The number of hydrogen-bond donors (Lipinski definition) is 1. The van der Waals surface area contributed by atoms with Crippen molar-refractivity contribution in [3.05, 3.63) is 27.7 Å². The zero-order valence-corrected chi connectivity index (χ0v) is 10.8. The number of amides is 4. The van der Waals surface area contributed by atoms with Crippen molar-refractivity contribution >= 4 is 39.5 Å². The molecule has 0 atom stereocenters. The maximum absolute atomic E-state index is 11.6. The van der Waals surface area contributed by atoms with Crippen molar-refractivity contribution in [2.45, 2.75) is 13.8 Å². The molecule has 1 aliphatic rings. The maximum Gasteiger partial charge on any atom is 0.336 e. The van der Waals surface area contributed by atoms with Crippen LogP contribution in [-0.4, -0.2) is 17.8 Å². The number of anilines is 1. The number of hydrogen-bond acceptors (Lipinski definition) is 3. The monoisotopic (exact) mass is 296 g/mol. The Morgan fingerprint density at radius 1 is 1.12 bits per heavy atom. The summed E-state index contributed by atoms with van der Waals surface area (Å²) in [5, 5.41) is 1.97. The number of urea groups is 1. The lowest BCUT2D eigenvalue weighted by Gasteiger charge is -2.17. The van der Waals surface area contributed by atoms with Crippen LogP contribution in [0, 0.1) is 13.8 Å². The molecule has 1 fully saturated rings. The third kappa shape index (κ3) is 1.84. The molecule has 4 amide bonds. The second kappa shape index (κ2) is 3.96. The van der Waals surface area contributed by atoms with Crippen molar-refractivity contribution in [3.8, 4) is 0 Å². The van der Waals surface area contributed by atoms with E-state index in [1.807, 2.05) is 5.32 Å². The molecule has 1 aromatic rings. The van der Waals surface area contributed by atoms with Gasteiger partial charge in [-0.25, -0.2) is 9.69 Å². The lowest BCUT2D eigenvalue weighted by molar-refractivity contribution is -0.134. The minimum atomic E-state index is -0.892. The molecule has 0 aromatic heterocycles. The summed E-state index contributed by atoms with van der Waals surface area (Å²) in [7, 11) is 0. The summed E-state index contributed by atoms with van der Waals surface area (Å²) in [6.45, 7) is 3.55. The molecule has 1 N–H and O–H groups in total. The first-order chi connectivity index (χ1) is 7.91. The Morgan fingerprint density at radius 3 is 2.06 bits per heavy atom. The largest absolute Gasteiger partial charge is 0.336 e. The van der Waals surface area contributed by atoms with Gasteiger partial charge >= 0.3 is 17.8 Å². The lowest BCUT2D eigenvalue weighted by Crippen LogP contribution is -2.32. The molecule has 0 aliphatic carbocycles. The Bertz CT molecular complexity index is 531. The van der Waals surface area contributed by atoms with Gasteiger partial charge in [-0.15, -0.1) is 0 Å². The second-order valence-electron chi connectivity index (χ2n) is 3.79. The summed E-state index contributed by atoms with van der Waals surface area (Å²) in [6, 6.07) is 2.87. The van der Waals surface area contributed by atoms with Gasteiger partial charge in [0.15, 0.2) is 0 Å². The number of nitrogens with zero attached hydrogens (tertiary/aromatic N) is 1. The highest BCUT2D eigenvalue weighted by Gasteiger charge is 2.39. The zero-order chi connectivity index (χ0) is 12.7. The normalized spacial score (nSPS) is 15.5. The highest BCUT2D eigenvalue weighted by atomic mass is 79.9. The minimum Gasteiger partial charge on any atom is -0.269 e. The van der Waals surface area contributed by atoms with E-state index in [-0.39, 0.29) is 0 Å². The Kier molecular flexibility index (Phi) is 2.74. The van der Waals surface area contributed by atoms with Gasteiger partial charge < -0.3 is 0 Å². The Morgan fingerprint density at radius 2 is 1.65 bits per heavy atom. The highest BCUT2D eigenvalue weighted by molar-refractivity contribution is 9.10. The van der Waals surface area contributed by atoms with Crippen molar-refractivity contribution in [3.63, 3.8) is 0 Å². The van der Waals surface area contributed by atoms with Gasteiger partial charge in [-0.1, -0.05) is 15.9 Å². The molecule has 17 heavy (non-hydrogen) atoms. The van der Waals surface area contributed by atoms with E-state index in [0.717, 1.165) is 20.5 Å². The van der Waals surface area contributed by atoms with Gasteiger partial charge in [-0.2, -0.15) is 0 Å². The number of imide groups is 2. The number of halogens is 1. The molecule has 1 aliphatic heterocycles. The van der Waals surface area contributed by atoms with E-state index in [9.17, 15) is 14.4 Å². The van der Waals surface area contributed by atoms with Gasteiger partial charge in [-0.05, 0) is 37.1 Å². The topological polar surface area (TPSA) is 66.5 Å². The first-order valence-corrected chi connectivity index (χ1v) is 5.67. The van der Waals surface area contributed by atoms with Crippen molar-refractivity contribution in [1.29, 1.82) is 0 Å². The average molecular weight is 297 g/mol. The van der Waals surface area contributed by atoms with Crippen LogP contribution in [0.25, 0.3) is 0 Å². The van der Waals surface area contributed by atoms with Crippen molar-refractivity contribution in [1.82, 2.24) is 5.32 Å². The van der Waals surface area contributed by atoms with Gasteiger partial charge in [-0.3, -0.25) is 14.9 Å². The van der Waals surface area contributed by atoms with Crippen molar-refractivity contribution in [2.75, 3.05) is 4.90 Å². The molecule has 2 rings (SSSR count). The third-order valence-electron chi connectivity index (χ3n) is 2.50. The van der Waals surface area contributed by atoms with Crippen LogP contribution in [0.1, 0.15) is 11.1 Å². The second-order valence-corrected chi connectivity index (χ2v) is 4.70. The number of aryl methyl sites for hydroxylation is 2. The van der Waals surface area contributed by atoms with Crippen LogP contribution in [0.2, 0.25) is 0 Å². The summed E-state index contributed by atoms with van der Waals surface area (Å²) < 4.78 is 0.856. The van der Waals surface area contributed by atoms with E-state index >= 15 is 0 Å². The predicted octanol–water partition coefficient (Wildman–Crippen LogP) is 1.65. The van der Waals surface area contributed by atoms with E-state index in [0.29, 0.717) is 5.69 Å². The molecule has 0 radical (unpaired) electrons. The molecular formula is C11H9BrN2O3. The Labute approximate surface area is 106 Å². The Hall–Kier alpha value is -1.69. The first-order valence-electron chi connectivity index (χ1n) is 4.88. The van der Waals surface area contributed by atoms with E-state index in [1.165, 1.54) is 0 Å². The van der Waals surface area contributed by atoms with Crippen LogP contribution in [0.15, 0.2) is 16.6 Å². The molecule has 1 aromatic carbocycles. The molecule has 5 nitrogen and oxygen atoms in total. The first kappa shape index (κ1) is 11.8. The predicted molar refractivity (Wildman–Crippen MR) is 64.6 cm³/mol. The van der Waals surface area contributed by atoms with Crippen LogP contribution in [0.3, 0.4) is 0 Å². The molecule has 88 valence electrons. The van der Waals surface area contributed by atoms with Crippen LogP contribution in [0.5, 0.6) is 0 Å². The van der Waals surface area contributed by atoms with Crippen molar-refractivity contribution < 1.29 is 14.4 Å². The van der Waals surface area contributed by atoms with Crippen LogP contribution < -0.4 is 10.2 Å². The van der Waals surface area contributed by atoms with E-state index < -0.39 is 17.8 Å².